The summed E-state index contributed by atoms with van der Waals surface area (Å²) in [6.07, 6.45) is -3.28. The third-order valence-electron chi connectivity index (χ3n) is 3.87. The van der Waals surface area contributed by atoms with Crippen molar-refractivity contribution < 1.29 is 22.7 Å². The van der Waals surface area contributed by atoms with Crippen molar-refractivity contribution in [3.05, 3.63) is 17.2 Å². The van der Waals surface area contributed by atoms with Crippen LogP contribution in [0.5, 0.6) is 0 Å². The SMILES string of the molecule is Cn1c(C(C)(C)C)c/c(=N\C(=O)C(F)(F)F)n1C[C@H]1CCCO1. The van der Waals surface area contributed by atoms with E-state index in [0.717, 1.165) is 18.5 Å². The molecule has 2 heterocycles. The summed E-state index contributed by atoms with van der Waals surface area (Å²) in [7, 11) is 1.76. The zero-order chi connectivity index (χ0) is 17.4. The van der Waals surface area contributed by atoms with E-state index in [1.54, 1.807) is 22.5 Å². The number of carbonyl (C=O) groups is 1. The van der Waals surface area contributed by atoms with Crippen molar-refractivity contribution in [1.82, 2.24) is 9.36 Å². The van der Waals surface area contributed by atoms with Crippen molar-refractivity contribution in [3.63, 3.8) is 0 Å². The lowest BCUT2D eigenvalue weighted by Crippen LogP contribution is -2.32. The molecule has 0 aliphatic carbocycles. The summed E-state index contributed by atoms with van der Waals surface area (Å²) in [6, 6.07) is 1.54. The molecule has 8 heteroatoms. The van der Waals surface area contributed by atoms with Gasteiger partial charge in [0.2, 0.25) is 0 Å². The fourth-order valence-electron chi connectivity index (χ4n) is 2.73. The largest absolute Gasteiger partial charge is 0.473 e. The standard InChI is InChI=1S/C15H22F3N3O2/c1-14(2,3)11-8-12(19-13(22)15(16,17)18)21(20(11)4)9-10-6-5-7-23-10/h8,10H,5-7,9H2,1-4H3/b19-12+/t10-/m1/s1. The highest BCUT2D eigenvalue weighted by molar-refractivity contribution is 5.82. The van der Waals surface area contributed by atoms with Crippen molar-refractivity contribution in [2.75, 3.05) is 6.61 Å². The van der Waals surface area contributed by atoms with Gasteiger partial charge < -0.3 is 4.74 Å². The molecular weight excluding hydrogens is 311 g/mol. The van der Waals surface area contributed by atoms with Gasteiger partial charge >= 0.3 is 12.1 Å². The van der Waals surface area contributed by atoms with Crippen LogP contribution in [0.1, 0.15) is 39.3 Å². The molecule has 1 aliphatic rings. The number of rotatable bonds is 2. The van der Waals surface area contributed by atoms with Crippen LogP contribution in [0.15, 0.2) is 11.1 Å². The minimum Gasteiger partial charge on any atom is -0.376 e. The van der Waals surface area contributed by atoms with Crippen LogP contribution in [-0.2, 0) is 28.5 Å². The van der Waals surface area contributed by atoms with Gasteiger partial charge in [-0.15, -0.1) is 0 Å². The molecule has 0 spiro atoms. The van der Waals surface area contributed by atoms with E-state index in [4.69, 9.17) is 4.74 Å². The highest BCUT2D eigenvalue weighted by Crippen LogP contribution is 2.22. The van der Waals surface area contributed by atoms with E-state index >= 15 is 0 Å². The first-order valence-electron chi connectivity index (χ1n) is 7.55. The molecule has 0 saturated carbocycles. The second-order valence-electron chi connectivity index (χ2n) is 6.79. The number of hydrogen-bond donors (Lipinski definition) is 0. The van der Waals surface area contributed by atoms with Gasteiger partial charge in [-0.3, -0.25) is 14.2 Å². The molecule has 0 bridgehead atoms. The van der Waals surface area contributed by atoms with Crippen LogP contribution in [-0.4, -0.2) is 34.2 Å². The number of ether oxygens (including phenoxy) is 1. The smallest absolute Gasteiger partial charge is 0.376 e. The van der Waals surface area contributed by atoms with Gasteiger partial charge in [0.1, 0.15) is 0 Å². The Kier molecular flexibility index (Phi) is 4.75. The Morgan fingerprint density at radius 3 is 2.52 bits per heavy atom. The predicted octanol–water partition coefficient (Wildman–Crippen LogP) is 2.29. The molecule has 2 rings (SSSR count). The molecular formula is C15H22F3N3O2. The maximum Gasteiger partial charge on any atom is 0.473 e. The molecule has 1 saturated heterocycles. The van der Waals surface area contributed by atoms with Gasteiger partial charge in [0.15, 0.2) is 5.49 Å². The number of nitrogens with zero attached hydrogens (tertiary/aromatic N) is 3. The molecule has 0 radical (unpaired) electrons. The molecule has 1 atom stereocenters. The average Bonchev–Trinajstić information content (AvgIpc) is 2.99. The van der Waals surface area contributed by atoms with Crippen molar-refractivity contribution >= 4 is 5.91 Å². The molecule has 0 N–H and O–H groups in total. The van der Waals surface area contributed by atoms with Crippen molar-refractivity contribution in [2.24, 2.45) is 12.0 Å². The Morgan fingerprint density at radius 2 is 2.04 bits per heavy atom. The second-order valence-corrected chi connectivity index (χ2v) is 6.79. The molecule has 0 aromatic carbocycles. The third-order valence-corrected chi connectivity index (χ3v) is 3.87. The van der Waals surface area contributed by atoms with Crippen LogP contribution in [0.2, 0.25) is 0 Å². The number of halogens is 3. The monoisotopic (exact) mass is 333 g/mol. The van der Waals surface area contributed by atoms with Gasteiger partial charge in [-0.05, 0) is 12.8 Å². The number of hydrogen-bond acceptors (Lipinski definition) is 2. The number of aromatic nitrogens is 2. The van der Waals surface area contributed by atoms with Crippen LogP contribution < -0.4 is 5.49 Å². The Morgan fingerprint density at radius 1 is 1.39 bits per heavy atom. The zero-order valence-electron chi connectivity index (χ0n) is 13.8. The molecule has 0 unspecified atom stereocenters. The lowest BCUT2D eigenvalue weighted by molar-refractivity contribution is -0.169. The second kappa shape index (κ2) is 6.14. The molecule has 23 heavy (non-hydrogen) atoms. The summed E-state index contributed by atoms with van der Waals surface area (Å²) < 4.78 is 46.5. The van der Waals surface area contributed by atoms with Gasteiger partial charge in [-0.25, -0.2) is 0 Å². The highest BCUT2D eigenvalue weighted by atomic mass is 19.4. The first-order chi connectivity index (χ1) is 10.5. The van der Waals surface area contributed by atoms with Crippen LogP contribution in [0.25, 0.3) is 0 Å². The van der Waals surface area contributed by atoms with E-state index < -0.39 is 12.1 Å². The fraction of sp³-hybridized carbons (Fsp3) is 0.733. The Balaban J connectivity index is 2.50. The topological polar surface area (TPSA) is 48.5 Å². The first kappa shape index (κ1) is 17.8. The molecule has 130 valence electrons. The minimum atomic E-state index is -4.97. The van der Waals surface area contributed by atoms with Crippen molar-refractivity contribution in [1.29, 1.82) is 0 Å². The van der Waals surface area contributed by atoms with Gasteiger partial charge in [0, 0.05) is 30.8 Å². The third kappa shape index (κ3) is 4.04. The number of amides is 1. The van der Waals surface area contributed by atoms with Gasteiger partial charge in [-0.1, -0.05) is 20.8 Å². The lowest BCUT2D eigenvalue weighted by Gasteiger charge is -2.21. The lowest BCUT2D eigenvalue weighted by atomic mass is 9.92. The molecule has 1 aliphatic heterocycles. The molecule has 1 amide bonds. The average molecular weight is 333 g/mol. The summed E-state index contributed by atoms with van der Waals surface area (Å²) in [4.78, 5) is 14.5. The maximum absolute atomic E-state index is 12.5. The van der Waals surface area contributed by atoms with E-state index in [1.165, 1.54) is 0 Å². The van der Waals surface area contributed by atoms with Crippen LogP contribution in [0.4, 0.5) is 13.2 Å². The van der Waals surface area contributed by atoms with Crippen LogP contribution in [0.3, 0.4) is 0 Å². The summed E-state index contributed by atoms with van der Waals surface area (Å²) in [5, 5.41) is 0. The van der Waals surface area contributed by atoms with Crippen LogP contribution >= 0.6 is 0 Å². The number of alkyl halides is 3. The molecule has 1 fully saturated rings. The molecule has 5 nitrogen and oxygen atoms in total. The normalized spacial score (nSPS) is 20.3. The maximum atomic E-state index is 12.5. The summed E-state index contributed by atoms with van der Waals surface area (Å²) in [5.74, 6) is -2.09. The van der Waals surface area contributed by atoms with Gasteiger partial charge in [-0.2, -0.15) is 18.2 Å². The molecule has 1 aromatic rings. The summed E-state index contributed by atoms with van der Waals surface area (Å²) >= 11 is 0. The van der Waals surface area contributed by atoms with Gasteiger partial charge in [0.25, 0.3) is 0 Å². The Labute approximate surface area is 132 Å². The van der Waals surface area contributed by atoms with E-state index in [2.05, 4.69) is 4.99 Å². The first-order valence-corrected chi connectivity index (χ1v) is 7.55. The molecule has 1 aromatic heterocycles. The van der Waals surface area contributed by atoms with E-state index in [1.807, 2.05) is 20.8 Å². The minimum absolute atomic E-state index is 0.00949. The summed E-state index contributed by atoms with van der Waals surface area (Å²) in [6.45, 7) is 6.88. The van der Waals surface area contributed by atoms with Crippen molar-refractivity contribution in [3.8, 4) is 0 Å². The van der Waals surface area contributed by atoms with Crippen LogP contribution in [0, 0.1) is 0 Å². The van der Waals surface area contributed by atoms with Gasteiger partial charge in [0.05, 0.1) is 12.6 Å². The fourth-order valence-corrected chi connectivity index (χ4v) is 2.73. The predicted molar refractivity (Wildman–Crippen MR) is 77.7 cm³/mol. The number of carbonyl (C=O) groups excluding carboxylic acids is 1. The quantitative estimate of drug-likeness (QED) is 0.834. The summed E-state index contributed by atoms with van der Waals surface area (Å²) in [5.41, 5.74) is 0.515. The Hall–Kier alpha value is -1.57. The van der Waals surface area contributed by atoms with E-state index in [0.29, 0.717) is 13.2 Å². The van der Waals surface area contributed by atoms with E-state index in [9.17, 15) is 18.0 Å². The van der Waals surface area contributed by atoms with Crippen molar-refractivity contribution in [2.45, 2.75) is 57.9 Å². The van der Waals surface area contributed by atoms with E-state index in [-0.39, 0.29) is 17.0 Å². The highest BCUT2D eigenvalue weighted by Gasteiger charge is 2.38. The zero-order valence-corrected chi connectivity index (χ0v) is 13.8. The Bertz CT molecular complexity index is 644.